The molecule has 0 spiro atoms. The van der Waals surface area contributed by atoms with E-state index in [1.54, 1.807) is 30.3 Å². The topological polar surface area (TPSA) is 90.2 Å². The lowest BCUT2D eigenvalue weighted by atomic mass is 10.2. The van der Waals surface area contributed by atoms with Gasteiger partial charge in [0.15, 0.2) is 0 Å². The summed E-state index contributed by atoms with van der Waals surface area (Å²) in [5.74, 6) is -1.42. The van der Waals surface area contributed by atoms with E-state index in [0.29, 0.717) is 5.56 Å². The van der Waals surface area contributed by atoms with Crippen molar-refractivity contribution in [2.75, 3.05) is 6.54 Å². The van der Waals surface area contributed by atoms with Crippen LogP contribution in [0, 0.1) is 5.41 Å². The minimum absolute atomic E-state index is 0.353. The van der Waals surface area contributed by atoms with Crippen LogP contribution < -0.4 is 5.32 Å². The molecular weight excluding hydrogens is 196 g/mol. The number of amides is 1. The van der Waals surface area contributed by atoms with Crippen LogP contribution >= 0.6 is 0 Å². The van der Waals surface area contributed by atoms with Gasteiger partial charge in [-0.1, -0.05) is 18.2 Å². The lowest BCUT2D eigenvalue weighted by molar-refractivity contribution is -0.135. The molecule has 15 heavy (non-hydrogen) atoms. The van der Waals surface area contributed by atoms with Crippen LogP contribution in [0.4, 0.5) is 0 Å². The minimum Gasteiger partial charge on any atom is -0.480 e. The maximum Gasteiger partial charge on any atom is 0.322 e. The zero-order chi connectivity index (χ0) is 11.7. The van der Waals surface area contributed by atoms with Crippen molar-refractivity contribution in [3.63, 3.8) is 0 Å². The van der Waals surface area contributed by atoms with Gasteiger partial charge >= 0.3 is 5.97 Å². The first kappa shape index (κ1) is 12.8. The van der Waals surface area contributed by atoms with Crippen LogP contribution in [0.5, 0.6) is 0 Å². The van der Waals surface area contributed by atoms with Crippen molar-refractivity contribution in [1.82, 2.24) is 5.32 Å². The third-order valence-corrected chi connectivity index (χ3v) is 1.44. The lowest BCUT2D eigenvalue weighted by Gasteiger charge is -2.00. The number of hydrogen-bond acceptors (Lipinski definition) is 3. The average Bonchev–Trinajstić information content (AvgIpc) is 2.30. The summed E-state index contributed by atoms with van der Waals surface area (Å²) >= 11 is 0. The Morgan fingerprint density at radius 2 is 1.80 bits per heavy atom. The van der Waals surface area contributed by atoms with Gasteiger partial charge in [-0.2, -0.15) is 0 Å². The van der Waals surface area contributed by atoms with E-state index in [1.807, 2.05) is 0 Å². The summed E-state index contributed by atoms with van der Waals surface area (Å²) in [5, 5.41) is 16.1. The van der Waals surface area contributed by atoms with Crippen LogP contribution in [0.15, 0.2) is 30.3 Å². The second kappa shape index (κ2) is 7.25. The van der Waals surface area contributed by atoms with E-state index in [2.05, 4.69) is 12.0 Å². The zero-order valence-corrected chi connectivity index (χ0v) is 8.06. The Labute approximate surface area is 87.2 Å². The SMILES string of the molecule is C=N.O=C(O)CNC(=O)c1ccccc1. The second-order valence-corrected chi connectivity index (χ2v) is 2.44. The fourth-order valence-electron chi connectivity index (χ4n) is 0.847. The van der Waals surface area contributed by atoms with E-state index in [4.69, 9.17) is 10.5 Å². The summed E-state index contributed by atoms with van der Waals surface area (Å²) in [4.78, 5) is 21.3. The molecule has 5 heteroatoms. The Kier molecular flexibility index (Phi) is 6.20. The van der Waals surface area contributed by atoms with Gasteiger partial charge in [-0.15, -0.1) is 0 Å². The van der Waals surface area contributed by atoms with Crippen molar-refractivity contribution in [3.8, 4) is 0 Å². The highest BCUT2D eigenvalue weighted by Crippen LogP contribution is 1.96. The first-order valence-corrected chi connectivity index (χ1v) is 4.10. The van der Waals surface area contributed by atoms with Crippen LogP contribution in [0.2, 0.25) is 0 Å². The standard InChI is InChI=1S/C9H9NO3.CH3N/c11-8(12)6-10-9(13)7-4-2-1-3-5-7;1-2/h1-5H,6H2,(H,10,13)(H,11,12);2H,1H2. The Balaban J connectivity index is 0.000000921. The van der Waals surface area contributed by atoms with Gasteiger partial charge in [0.25, 0.3) is 5.91 Å². The van der Waals surface area contributed by atoms with Crippen molar-refractivity contribution >= 4 is 18.6 Å². The van der Waals surface area contributed by atoms with Gasteiger partial charge in [-0.3, -0.25) is 9.59 Å². The number of nitrogens with one attached hydrogen (secondary N) is 2. The van der Waals surface area contributed by atoms with E-state index in [-0.39, 0.29) is 12.5 Å². The first-order chi connectivity index (χ1) is 7.20. The molecule has 0 aromatic heterocycles. The Bertz CT molecular complexity index is 325. The van der Waals surface area contributed by atoms with Crippen molar-refractivity contribution in [2.45, 2.75) is 0 Å². The fourth-order valence-corrected chi connectivity index (χ4v) is 0.847. The molecule has 1 aromatic rings. The van der Waals surface area contributed by atoms with Crippen LogP contribution in [0.25, 0.3) is 0 Å². The molecule has 0 saturated carbocycles. The molecular formula is C10H12N2O3. The highest BCUT2D eigenvalue weighted by Gasteiger charge is 2.04. The van der Waals surface area contributed by atoms with Crippen LogP contribution in [-0.4, -0.2) is 30.2 Å². The predicted molar refractivity (Wildman–Crippen MR) is 56.3 cm³/mol. The molecule has 0 fully saturated rings. The van der Waals surface area contributed by atoms with E-state index < -0.39 is 5.97 Å². The highest BCUT2D eigenvalue weighted by atomic mass is 16.4. The molecule has 0 radical (unpaired) electrons. The summed E-state index contributed by atoms with van der Waals surface area (Å²) in [6.45, 7) is 2.15. The molecule has 5 nitrogen and oxygen atoms in total. The number of hydrogen-bond donors (Lipinski definition) is 3. The van der Waals surface area contributed by atoms with Crippen molar-refractivity contribution in [1.29, 1.82) is 5.41 Å². The monoisotopic (exact) mass is 208 g/mol. The molecule has 0 aliphatic carbocycles. The molecule has 80 valence electrons. The summed E-state index contributed by atoms with van der Waals surface area (Å²) in [6, 6.07) is 8.47. The Morgan fingerprint density at radius 3 is 2.27 bits per heavy atom. The summed E-state index contributed by atoms with van der Waals surface area (Å²) in [6.07, 6.45) is 0. The number of carbonyl (C=O) groups is 2. The molecule has 0 unspecified atom stereocenters. The van der Waals surface area contributed by atoms with E-state index in [1.165, 1.54) is 0 Å². The quantitative estimate of drug-likeness (QED) is 0.641. The zero-order valence-electron chi connectivity index (χ0n) is 8.06. The summed E-state index contributed by atoms with van der Waals surface area (Å²) in [5.41, 5.74) is 0.462. The van der Waals surface area contributed by atoms with Crippen LogP contribution in [0.1, 0.15) is 10.4 Å². The molecule has 0 bridgehead atoms. The average molecular weight is 208 g/mol. The number of carbonyl (C=O) groups excluding carboxylic acids is 1. The maximum atomic E-state index is 11.2. The summed E-state index contributed by atoms with van der Waals surface area (Å²) in [7, 11) is 0. The van der Waals surface area contributed by atoms with E-state index in [0.717, 1.165) is 0 Å². The smallest absolute Gasteiger partial charge is 0.322 e. The summed E-state index contributed by atoms with van der Waals surface area (Å²) < 4.78 is 0. The molecule has 0 saturated heterocycles. The van der Waals surface area contributed by atoms with Gasteiger partial charge in [0, 0.05) is 5.56 Å². The molecule has 0 atom stereocenters. The molecule has 0 aliphatic rings. The number of carboxylic acids is 1. The van der Waals surface area contributed by atoms with Crippen LogP contribution in [-0.2, 0) is 4.79 Å². The molecule has 3 N–H and O–H groups in total. The molecule has 1 aromatic carbocycles. The predicted octanol–water partition coefficient (Wildman–Crippen LogP) is 0.767. The Morgan fingerprint density at radius 1 is 1.27 bits per heavy atom. The normalized spacial score (nSPS) is 8.27. The number of carboxylic acid groups (broad SMARTS) is 1. The number of aliphatic carboxylic acids is 1. The number of benzene rings is 1. The molecule has 0 heterocycles. The maximum absolute atomic E-state index is 11.2. The molecule has 1 rings (SSSR count). The van der Waals surface area contributed by atoms with Gasteiger partial charge < -0.3 is 15.8 Å². The van der Waals surface area contributed by atoms with Gasteiger partial charge in [0.1, 0.15) is 6.54 Å². The largest absolute Gasteiger partial charge is 0.480 e. The van der Waals surface area contributed by atoms with Gasteiger partial charge in [0.05, 0.1) is 0 Å². The van der Waals surface area contributed by atoms with Crippen molar-refractivity contribution < 1.29 is 14.7 Å². The Hall–Kier alpha value is -2.17. The highest BCUT2D eigenvalue weighted by molar-refractivity contribution is 5.95. The second-order valence-electron chi connectivity index (χ2n) is 2.44. The van der Waals surface area contributed by atoms with Gasteiger partial charge in [-0.25, -0.2) is 0 Å². The van der Waals surface area contributed by atoms with Crippen molar-refractivity contribution in [3.05, 3.63) is 35.9 Å². The van der Waals surface area contributed by atoms with E-state index >= 15 is 0 Å². The third kappa shape index (κ3) is 5.20. The first-order valence-electron chi connectivity index (χ1n) is 4.10. The molecule has 1 amide bonds. The van der Waals surface area contributed by atoms with Crippen molar-refractivity contribution in [2.24, 2.45) is 0 Å². The fraction of sp³-hybridized carbons (Fsp3) is 0.100. The minimum atomic E-state index is -1.05. The number of rotatable bonds is 3. The third-order valence-electron chi connectivity index (χ3n) is 1.44. The van der Waals surface area contributed by atoms with Crippen LogP contribution in [0.3, 0.4) is 0 Å². The van der Waals surface area contributed by atoms with Gasteiger partial charge in [-0.05, 0) is 18.9 Å². The molecule has 0 aliphatic heterocycles. The van der Waals surface area contributed by atoms with E-state index in [9.17, 15) is 9.59 Å². The van der Waals surface area contributed by atoms with Gasteiger partial charge in [0.2, 0.25) is 0 Å². The lowest BCUT2D eigenvalue weighted by Crippen LogP contribution is -2.29.